The maximum atomic E-state index is 12.1. The number of morpholine rings is 1. The molecule has 0 aromatic carbocycles. The lowest BCUT2D eigenvalue weighted by Gasteiger charge is -2.26. The lowest BCUT2D eigenvalue weighted by molar-refractivity contribution is 0.0390. The molecule has 1 fully saturated rings. The SMILES string of the molecule is O=S(=O)(NCCN1CCOCC1)c1sccc1CO. The van der Waals surface area contributed by atoms with Crippen molar-refractivity contribution in [2.24, 2.45) is 0 Å². The standard InChI is InChI=1S/C11H18N2O4S2/c14-9-10-1-8-18-11(10)19(15,16)12-2-3-13-4-6-17-7-5-13/h1,8,12,14H,2-7,9H2. The molecule has 1 aliphatic rings. The average Bonchev–Trinajstić information content (AvgIpc) is 2.89. The van der Waals surface area contributed by atoms with Crippen molar-refractivity contribution in [3.63, 3.8) is 0 Å². The molecule has 0 atom stereocenters. The molecule has 0 amide bonds. The minimum Gasteiger partial charge on any atom is -0.392 e. The number of aliphatic hydroxyl groups excluding tert-OH is 1. The molecule has 2 heterocycles. The molecule has 1 aromatic rings. The van der Waals surface area contributed by atoms with Crippen molar-refractivity contribution in [2.45, 2.75) is 10.8 Å². The Bertz CT molecular complexity index is 495. The number of nitrogens with one attached hydrogen (secondary N) is 1. The molecular weight excluding hydrogens is 288 g/mol. The largest absolute Gasteiger partial charge is 0.392 e. The summed E-state index contributed by atoms with van der Waals surface area (Å²) < 4.78 is 32.1. The van der Waals surface area contributed by atoms with Crippen molar-refractivity contribution < 1.29 is 18.3 Å². The molecule has 0 saturated carbocycles. The van der Waals surface area contributed by atoms with Gasteiger partial charge in [0.2, 0.25) is 10.0 Å². The Kier molecular flexibility index (Phi) is 5.31. The summed E-state index contributed by atoms with van der Waals surface area (Å²) >= 11 is 1.12. The number of thiophene rings is 1. The van der Waals surface area contributed by atoms with Crippen LogP contribution in [-0.4, -0.2) is 57.8 Å². The first-order valence-corrected chi connectivity index (χ1v) is 8.47. The van der Waals surface area contributed by atoms with E-state index >= 15 is 0 Å². The molecule has 6 nitrogen and oxygen atoms in total. The van der Waals surface area contributed by atoms with Crippen molar-refractivity contribution in [3.8, 4) is 0 Å². The first kappa shape index (κ1) is 14.9. The van der Waals surface area contributed by atoms with E-state index in [-0.39, 0.29) is 10.8 Å². The van der Waals surface area contributed by atoms with Gasteiger partial charge >= 0.3 is 0 Å². The van der Waals surface area contributed by atoms with Crippen LogP contribution in [0.3, 0.4) is 0 Å². The van der Waals surface area contributed by atoms with E-state index in [1.54, 1.807) is 11.4 Å². The highest BCUT2D eigenvalue weighted by molar-refractivity contribution is 7.91. The molecule has 0 radical (unpaired) electrons. The van der Waals surface area contributed by atoms with E-state index in [0.29, 0.717) is 31.9 Å². The van der Waals surface area contributed by atoms with Crippen molar-refractivity contribution >= 4 is 21.4 Å². The summed E-state index contributed by atoms with van der Waals surface area (Å²) in [6.45, 7) is 3.85. The number of rotatable bonds is 6. The van der Waals surface area contributed by atoms with E-state index in [9.17, 15) is 8.42 Å². The Morgan fingerprint density at radius 1 is 1.42 bits per heavy atom. The summed E-state index contributed by atoms with van der Waals surface area (Å²) in [5.41, 5.74) is 0.448. The van der Waals surface area contributed by atoms with Gasteiger partial charge < -0.3 is 9.84 Å². The van der Waals surface area contributed by atoms with Gasteiger partial charge in [0, 0.05) is 31.7 Å². The molecule has 2 N–H and O–H groups in total. The van der Waals surface area contributed by atoms with Gasteiger partial charge in [0.1, 0.15) is 4.21 Å². The molecular formula is C11H18N2O4S2. The zero-order valence-corrected chi connectivity index (χ0v) is 12.2. The van der Waals surface area contributed by atoms with E-state index < -0.39 is 10.0 Å². The Morgan fingerprint density at radius 3 is 2.84 bits per heavy atom. The van der Waals surface area contributed by atoms with E-state index in [1.165, 1.54) is 0 Å². The van der Waals surface area contributed by atoms with Gasteiger partial charge in [0.05, 0.1) is 19.8 Å². The van der Waals surface area contributed by atoms with Gasteiger partial charge in [-0.3, -0.25) is 4.90 Å². The van der Waals surface area contributed by atoms with Crippen molar-refractivity contribution in [1.29, 1.82) is 0 Å². The van der Waals surface area contributed by atoms with Gasteiger partial charge in [-0.25, -0.2) is 13.1 Å². The molecule has 1 saturated heterocycles. The topological polar surface area (TPSA) is 78.9 Å². The molecule has 1 aliphatic heterocycles. The van der Waals surface area contributed by atoms with Crippen LogP contribution in [0.2, 0.25) is 0 Å². The molecule has 0 bridgehead atoms. The van der Waals surface area contributed by atoms with Crippen LogP contribution in [-0.2, 0) is 21.4 Å². The van der Waals surface area contributed by atoms with Crippen LogP contribution in [0.4, 0.5) is 0 Å². The lowest BCUT2D eigenvalue weighted by Crippen LogP contribution is -2.41. The van der Waals surface area contributed by atoms with Crippen LogP contribution in [0.1, 0.15) is 5.56 Å². The maximum Gasteiger partial charge on any atom is 0.250 e. The number of sulfonamides is 1. The smallest absolute Gasteiger partial charge is 0.250 e. The Hall–Kier alpha value is -0.510. The molecule has 8 heteroatoms. The quantitative estimate of drug-likeness (QED) is 0.764. The van der Waals surface area contributed by atoms with Crippen LogP contribution in [0, 0.1) is 0 Å². The van der Waals surface area contributed by atoms with Gasteiger partial charge in [-0.2, -0.15) is 0 Å². The molecule has 108 valence electrons. The summed E-state index contributed by atoms with van der Waals surface area (Å²) in [5.74, 6) is 0. The van der Waals surface area contributed by atoms with Gasteiger partial charge in [0.25, 0.3) is 0 Å². The number of hydrogen-bond donors (Lipinski definition) is 2. The molecule has 0 aliphatic carbocycles. The highest BCUT2D eigenvalue weighted by Crippen LogP contribution is 2.22. The minimum atomic E-state index is -3.51. The fourth-order valence-corrected chi connectivity index (χ4v) is 4.36. The number of aliphatic hydroxyl groups is 1. The normalized spacial score (nSPS) is 17.7. The number of nitrogens with zero attached hydrogens (tertiary/aromatic N) is 1. The highest BCUT2D eigenvalue weighted by Gasteiger charge is 2.20. The first-order valence-electron chi connectivity index (χ1n) is 6.10. The van der Waals surface area contributed by atoms with Crippen LogP contribution in [0.25, 0.3) is 0 Å². The minimum absolute atomic E-state index is 0.206. The van der Waals surface area contributed by atoms with E-state index in [4.69, 9.17) is 9.84 Å². The van der Waals surface area contributed by atoms with Crippen molar-refractivity contribution in [1.82, 2.24) is 9.62 Å². The monoisotopic (exact) mass is 306 g/mol. The van der Waals surface area contributed by atoms with Crippen molar-refractivity contribution in [2.75, 3.05) is 39.4 Å². The predicted octanol–water partition coefficient (Wildman–Crippen LogP) is -0.149. The van der Waals surface area contributed by atoms with Crippen molar-refractivity contribution in [3.05, 3.63) is 17.0 Å². The summed E-state index contributed by atoms with van der Waals surface area (Å²) in [7, 11) is -3.51. The van der Waals surface area contributed by atoms with Crippen LogP contribution >= 0.6 is 11.3 Å². The Balaban J connectivity index is 1.87. The molecule has 1 aromatic heterocycles. The summed E-state index contributed by atoms with van der Waals surface area (Å²) in [6, 6.07) is 1.63. The summed E-state index contributed by atoms with van der Waals surface area (Å²) in [6.07, 6.45) is 0. The third-order valence-corrected chi connectivity index (χ3v) is 5.97. The zero-order chi connectivity index (χ0) is 13.7. The third-order valence-electron chi connectivity index (χ3n) is 2.94. The third kappa shape index (κ3) is 3.98. The van der Waals surface area contributed by atoms with Crippen LogP contribution in [0.15, 0.2) is 15.7 Å². The molecule has 19 heavy (non-hydrogen) atoms. The van der Waals surface area contributed by atoms with Gasteiger partial charge in [-0.05, 0) is 11.4 Å². The second kappa shape index (κ2) is 6.78. The first-order chi connectivity index (χ1) is 9.13. The fourth-order valence-electron chi connectivity index (χ4n) is 1.90. The second-order valence-corrected chi connectivity index (χ2v) is 7.12. The van der Waals surface area contributed by atoms with Gasteiger partial charge in [-0.15, -0.1) is 11.3 Å². The average molecular weight is 306 g/mol. The summed E-state index contributed by atoms with van der Waals surface area (Å²) in [4.78, 5) is 2.16. The van der Waals surface area contributed by atoms with Crippen LogP contribution < -0.4 is 4.72 Å². The Morgan fingerprint density at radius 2 is 2.16 bits per heavy atom. The van der Waals surface area contributed by atoms with Crippen LogP contribution in [0.5, 0.6) is 0 Å². The van der Waals surface area contributed by atoms with Gasteiger partial charge in [0.15, 0.2) is 0 Å². The molecule has 0 unspecified atom stereocenters. The fraction of sp³-hybridized carbons (Fsp3) is 0.636. The van der Waals surface area contributed by atoms with E-state index in [0.717, 1.165) is 24.4 Å². The number of ether oxygens (including phenoxy) is 1. The molecule has 0 spiro atoms. The van der Waals surface area contributed by atoms with E-state index in [2.05, 4.69) is 9.62 Å². The van der Waals surface area contributed by atoms with Gasteiger partial charge in [-0.1, -0.05) is 0 Å². The number of hydrogen-bond acceptors (Lipinski definition) is 6. The predicted molar refractivity (Wildman–Crippen MR) is 72.7 cm³/mol. The highest BCUT2D eigenvalue weighted by atomic mass is 32.2. The summed E-state index contributed by atoms with van der Waals surface area (Å²) in [5, 5.41) is 10.8. The maximum absolute atomic E-state index is 12.1. The second-order valence-electron chi connectivity index (χ2n) is 4.24. The Labute approximate surface area is 117 Å². The van der Waals surface area contributed by atoms with E-state index in [1.807, 2.05) is 0 Å². The molecule has 2 rings (SSSR count). The zero-order valence-electron chi connectivity index (χ0n) is 10.5. The lowest BCUT2D eigenvalue weighted by atomic mass is 10.4.